The van der Waals surface area contributed by atoms with Gasteiger partial charge in [-0.1, -0.05) is 31.9 Å². The lowest BCUT2D eigenvalue weighted by atomic mass is 10.2. The number of ether oxygens (including phenoxy) is 2. The van der Waals surface area contributed by atoms with Crippen LogP contribution in [0.2, 0.25) is 0 Å². The van der Waals surface area contributed by atoms with Gasteiger partial charge in [0.25, 0.3) is 5.91 Å². The molecule has 7 heteroatoms. The first-order chi connectivity index (χ1) is 12.9. The molecule has 0 bridgehead atoms. The Morgan fingerprint density at radius 3 is 2.41 bits per heavy atom. The molecule has 4 nitrogen and oxygen atoms in total. The number of alkyl halides is 3. The lowest BCUT2D eigenvalue weighted by Crippen LogP contribution is -2.20. The Labute approximate surface area is 156 Å². The summed E-state index contributed by atoms with van der Waals surface area (Å²) in [5, 5.41) is 2.39. The van der Waals surface area contributed by atoms with Gasteiger partial charge in [0.15, 0.2) is 6.61 Å². The predicted molar refractivity (Wildman–Crippen MR) is 97.0 cm³/mol. The first-order valence-electron chi connectivity index (χ1n) is 8.71. The van der Waals surface area contributed by atoms with Crippen LogP contribution in [0.3, 0.4) is 0 Å². The van der Waals surface area contributed by atoms with Crippen molar-refractivity contribution in [3.05, 3.63) is 54.1 Å². The largest absolute Gasteiger partial charge is 0.493 e. The number of carbonyl (C=O) groups is 1. The molecule has 0 saturated carbocycles. The van der Waals surface area contributed by atoms with Gasteiger partial charge >= 0.3 is 6.18 Å². The second-order valence-corrected chi connectivity index (χ2v) is 5.95. The number of carbonyl (C=O) groups excluding carboxylic acids is 1. The van der Waals surface area contributed by atoms with E-state index in [1.807, 2.05) is 0 Å². The average molecular weight is 381 g/mol. The van der Waals surface area contributed by atoms with Gasteiger partial charge < -0.3 is 14.8 Å². The molecular formula is C20H22F3NO3. The Balaban J connectivity index is 1.85. The van der Waals surface area contributed by atoms with Gasteiger partial charge in [-0.05, 0) is 36.8 Å². The topological polar surface area (TPSA) is 47.6 Å². The zero-order valence-electron chi connectivity index (χ0n) is 15.0. The highest BCUT2D eigenvalue weighted by atomic mass is 19.4. The quantitative estimate of drug-likeness (QED) is 0.600. The molecule has 2 aromatic carbocycles. The van der Waals surface area contributed by atoms with Crippen molar-refractivity contribution >= 4 is 11.6 Å². The van der Waals surface area contributed by atoms with E-state index in [4.69, 9.17) is 9.47 Å². The van der Waals surface area contributed by atoms with Crippen LogP contribution in [-0.2, 0) is 11.0 Å². The van der Waals surface area contributed by atoms with Crippen LogP contribution in [-0.4, -0.2) is 19.1 Å². The van der Waals surface area contributed by atoms with Crippen LogP contribution in [0.25, 0.3) is 0 Å². The molecule has 0 atom stereocenters. The van der Waals surface area contributed by atoms with Crippen molar-refractivity contribution in [2.45, 2.75) is 32.4 Å². The van der Waals surface area contributed by atoms with Crippen molar-refractivity contribution in [1.29, 1.82) is 0 Å². The highest BCUT2D eigenvalue weighted by molar-refractivity contribution is 5.91. The maximum Gasteiger partial charge on any atom is 0.416 e. The number of hydrogen-bond donors (Lipinski definition) is 1. The number of hydrogen-bond acceptors (Lipinski definition) is 3. The number of halogens is 3. The van der Waals surface area contributed by atoms with E-state index in [2.05, 4.69) is 12.2 Å². The summed E-state index contributed by atoms with van der Waals surface area (Å²) in [4.78, 5) is 11.9. The van der Waals surface area contributed by atoms with Gasteiger partial charge in [-0.3, -0.25) is 4.79 Å². The van der Waals surface area contributed by atoms with Gasteiger partial charge in [-0.15, -0.1) is 0 Å². The Kier molecular flexibility index (Phi) is 7.52. The van der Waals surface area contributed by atoms with E-state index in [0.29, 0.717) is 18.1 Å². The molecule has 0 aliphatic rings. The highest BCUT2D eigenvalue weighted by Gasteiger charge is 2.30. The fourth-order valence-electron chi connectivity index (χ4n) is 2.32. The number of unbranched alkanes of at least 4 members (excludes halogenated alkanes) is 2. The molecule has 0 aliphatic heterocycles. The van der Waals surface area contributed by atoms with E-state index >= 15 is 0 Å². The van der Waals surface area contributed by atoms with Gasteiger partial charge in [0.05, 0.1) is 12.2 Å². The highest BCUT2D eigenvalue weighted by Crippen LogP contribution is 2.30. The van der Waals surface area contributed by atoms with E-state index in [1.54, 1.807) is 24.3 Å². The van der Waals surface area contributed by atoms with Crippen LogP contribution in [0.5, 0.6) is 11.5 Å². The van der Waals surface area contributed by atoms with Crippen LogP contribution in [0, 0.1) is 0 Å². The lowest BCUT2D eigenvalue weighted by Gasteiger charge is -2.11. The number of anilines is 1. The van der Waals surface area contributed by atoms with Gasteiger partial charge in [0, 0.05) is 11.8 Å². The molecule has 0 spiro atoms. The van der Waals surface area contributed by atoms with E-state index in [1.165, 1.54) is 12.1 Å². The van der Waals surface area contributed by atoms with Crippen molar-refractivity contribution in [2.24, 2.45) is 0 Å². The summed E-state index contributed by atoms with van der Waals surface area (Å²) < 4.78 is 49.1. The summed E-state index contributed by atoms with van der Waals surface area (Å²) in [6.45, 7) is 2.39. The van der Waals surface area contributed by atoms with Crippen molar-refractivity contribution in [2.75, 3.05) is 18.5 Å². The third kappa shape index (κ3) is 7.21. The molecule has 0 fully saturated rings. The van der Waals surface area contributed by atoms with Crippen LogP contribution in [0.1, 0.15) is 31.7 Å². The minimum Gasteiger partial charge on any atom is -0.493 e. The van der Waals surface area contributed by atoms with Gasteiger partial charge in [0.1, 0.15) is 11.5 Å². The number of benzene rings is 2. The smallest absolute Gasteiger partial charge is 0.416 e. The monoisotopic (exact) mass is 381 g/mol. The molecule has 1 amide bonds. The predicted octanol–water partition coefficient (Wildman–Crippen LogP) is 5.29. The Morgan fingerprint density at radius 1 is 1.00 bits per heavy atom. The summed E-state index contributed by atoms with van der Waals surface area (Å²) in [5.41, 5.74) is -0.763. The second-order valence-electron chi connectivity index (χ2n) is 5.95. The van der Waals surface area contributed by atoms with Crippen molar-refractivity contribution in [1.82, 2.24) is 0 Å². The maximum absolute atomic E-state index is 12.7. The van der Waals surface area contributed by atoms with E-state index in [0.717, 1.165) is 31.4 Å². The molecule has 0 radical (unpaired) electrons. The second kappa shape index (κ2) is 9.85. The van der Waals surface area contributed by atoms with Gasteiger partial charge in [-0.2, -0.15) is 13.2 Å². The van der Waals surface area contributed by atoms with Crippen LogP contribution < -0.4 is 14.8 Å². The third-order valence-electron chi connectivity index (χ3n) is 3.67. The van der Waals surface area contributed by atoms with E-state index in [-0.39, 0.29) is 12.3 Å². The first-order valence-corrected chi connectivity index (χ1v) is 8.71. The van der Waals surface area contributed by atoms with Crippen LogP contribution in [0.15, 0.2) is 48.5 Å². The van der Waals surface area contributed by atoms with E-state index in [9.17, 15) is 18.0 Å². The van der Waals surface area contributed by atoms with Crippen molar-refractivity contribution < 1.29 is 27.4 Å². The van der Waals surface area contributed by atoms with Gasteiger partial charge in [0.2, 0.25) is 0 Å². The Morgan fingerprint density at radius 2 is 1.70 bits per heavy atom. The summed E-state index contributed by atoms with van der Waals surface area (Å²) in [6.07, 6.45) is -1.31. The molecule has 146 valence electrons. The minimum absolute atomic E-state index is 0.0615. The summed E-state index contributed by atoms with van der Waals surface area (Å²) in [5.74, 6) is 0.535. The molecule has 0 heterocycles. The first kappa shape index (κ1) is 20.6. The summed E-state index contributed by atoms with van der Waals surface area (Å²) in [7, 11) is 0. The SMILES string of the molecule is CCCCCOc1cccc(OCC(=O)Nc2cccc(C(F)(F)F)c2)c1. The van der Waals surface area contributed by atoms with Crippen molar-refractivity contribution in [3.8, 4) is 11.5 Å². The molecule has 0 saturated heterocycles. The molecule has 2 aromatic rings. The molecular weight excluding hydrogens is 359 g/mol. The standard InChI is InChI=1S/C20H22F3NO3/c1-2-3-4-11-26-17-9-6-10-18(13-17)27-14-19(25)24-16-8-5-7-15(12-16)20(21,22)23/h5-10,12-13H,2-4,11,14H2,1H3,(H,24,25). The van der Waals surface area contributed by atoms with Crippen LogP contribution >= 0.6 is 0 Å². The molecule has 0 aromatic heterocycles. The Bertz CT molecular complexity index is 747. The zero-order chi connectivity index (χ0) is 19.7. The lowest BCUT2D eigenvalue weighted by molar-refractivity contribution is -0.137. The summed E-state index contributed by atoms with van der Waals surface area (Å²) >= 11 is 0. The maximum atomic E-state index is 12.7. The minimum atomic E-state index is -4.46. The average Bonchev–Trinajstić information content (AvgIpc) is 2.63. The molecule has 27 heavy (non-hydrogen) atoms. The fraction of sp³-hybridized carbons (Fsp3) is 0.350. The fourth-order valence-corrected chi connectivity index (χ4v) is 2.32. The molecule has 2 rings (SSSR count). The number of nitrogens with one attached hydrogen (secondary N) is 1. The van der Waals surface area contributed by atoms with Gasteiger partial charge in [-0.25, -0.2) is 0 Å². The molecule has 0 aliphatic carbocycles. The number of amides is 1. The summed E-state index contributed by atoms with van der Waals surface area (Å²) in [6, 6.07) is 11.3. The van der Waals surface area contributed by atoms with Crippen molar-refractivity contribution in [3.63, 3.8) is 0 Å². The molecule has 0 unspecified atom stereocenters. The normalized spacial score (nSPS) is 11.1. The van der Waals surface area contributed by atoms with E-state index < -0.39 is 17.6 Å². The molecule has 1 N–H and O–H groups in total. The third-order valence-corrected chi connectivity index (χ3v) is 3.67. The number of rotatable bonds is 9. The zero-order valence-corrected chi connectivity index (χ0v) is 15.0. The Hall–Kier alpha value is -2.70. The van der Waals surface area contributed by atoms with Crippen LogP contribution in [0.4, 0.5) is 18.9 Å².